The molecule has 0 aliphatic carbocycles. The SMILES string of the molecule is CC(C)(N)C(=O)NC(Cc1csc2ccccc12)C(=O)N[C@H](Cc1csc2ccccc12)NC=O. The second kappa shape index (κ2) is 10.6. The van der Waals surface area contributed by atoms with Gasteiger partial charge in [-0.05, 0) is 58.6 Å². The second-order valence-electron chi connectivity index (χ2n) is 9.02. The van der Waals surface area contributed by atoms with E-state index in [-0.39, 0.29) is 0 Å². The molecule has 7 nitrogen and oxygen atoms in total. The van der Waals surface area contributed by atoms with Crippen molar-refractivity contribution in [1.82, 2.24) is 16.0 Å². The molecular weight excluding hydrogens is 480 g/mol. The molecule has 2 aromatic heterocycles. The maximum atomic E-state index is 13.4. The Morgan fingerprint density at radius 2 is 1.46 bits per heavy atom. The Morgan fingerprint density at radius 1 is 0.914 bits per heavy atom. The van der Waals surface area contributed by atoms with Crippen molar-refractivity contribution in [3.8, 4) is 0 Å². The number of benzene rings is 2. The lowest BCUT2D eigenvalue weighted by molar-refractivity contribution is -0.131. The molecule has 0 saturated carbocycles. The van der Waals surface area contributed by atoms with Gasteiger partial charge in [0.1, 0.15) is 12.2 Å². The summed E-state index contributed by atoms with van der Waals surface area (Å²) >= 11 is 3.21. The lowest BCUT2D eigenvalue weighted by atomic mass is 10.0. The predicted molar refractivity (Wildman–Crippen MR) is 142 cm³/mol. The fourth-order valence-electron chi connectivity index (χ4n) is 3.88. The number of amides is 3. The van der Waals surface area contributed by atoms with Crippen molar-refractivity contribution in [2.45, 2.75) is 44.4 Å². The Bertz CT molecular complexity index is 1360. The Hall–Kier alpha value is -3.27. The van der Waals surface area contributed by atoms with Gasteiger partial charge in [-0.2, -0.15) is 0 Å². The maximum Gasteiger partial charge on any atom is 0.244 e. The van der Waals surface area contributed by atoms with E-state index in [0.29, 0.717) is 19.3 Å². The topological polar surface area (TPSA) is 113 Å². The van der Waals surface area contributed by atoms with Crippen LogP contribution in [0.5, 0.6) is 0 Å². The van der Waals surface area contributed by atoms with Crippen molar-refractivity contribution >= 4 is 61.1 Å². The van der Waals surface area contributed by atoms with E-state index in [2.05, 4.69) is 16.0 Å². The van der Waals surface area contributed by atoms with E-state index in [4.69, 9.17) is 5.73 Å². The summed E-state index contributed by atoms with van der Waals surface area (Å²) in [6, 6.07) is 15.1. The molecule has 0 aliphatic rings. The van der Waals surface area contributed by atoms with Crippen LogP contribution in [0.25, 0.3) is 20.2 Å². The van der Waals surface area contributed by atoms with Gasteiger partial charge < -0.3 is 21.7 Å². The van der Waals surface area contributed by atoms with Gasteiger partial charge in [0.15, 0.2) is 0 Å². The quantitative estimate of drug-likeness (QED) is 0.194. The summed E-state index contributed by atoms with van der Waals surface area (Å²) in [4.78, 5) is 37.5. The van der Waals surface area contributed by atoms with Gasteiger partial charge >= 0.3 is 0 Å². The van der Waals surface area contributed by atoms with E-state index in [0.717, 1.165) is 31.3 Å². The summed E-state index contributed by atoms with van der Waals surface area (Å²) in [6.07, 6.45) is 0.649. The third kappa shape index (κ3) is 5.87. The number of carbonyl (C=O) groups excluding carboxylic acids is 3. The van der Waals surface area contributed by atoms with Crippen LogP contribution in [0.2, 0.25) is 0 Å². The van der Waals surface area contributed by atoms with Gasteiger partial charge in [0.2, 0.25) is 18.2 Å². The molecule has 2 atom stereocenters. The average molecular weight is 509 g/mol. The molecule has 2 aromatic carbocycles. The summed E-state index contributed by atoms with van der Waals surface area (Å²) in [5, 5.41) is 14.6. The number of carbonyl (C=O) groups is 3. The molecule has 3 amide bonds. The minimum Gasteiger partial charge on any atom is -0.342 e. The monoisotopic (exact) mass is 508 g/mol. The van der Waals surface area contributed by atoms with Crippen LogP contribution in [0.4, 0.5) is 0 Å². The van der Waals surface area contributed by atoms with Gasteiger partial charge in [-0.25, -0.2) is 0 Å². The van der Waals surface area contributed by atoms with Crippen LogP contribution in [0.1, 0.15) is 25.0 Å². The second-order valence-corrected chi connectivity index (χ2v) is 10.8. The smallest absolute Gasteiger partial charge is 0.244 e. The number of rotatable bonds is 10. The van der Waals surface area contributed by atoms with E-state index >= 15 is 0 Å². The molecule has 5 N–H and O–H groups in total. The number of hydrogen-bond donors (Lipinski definition) is 4. The predicted octanol–water partition coefficient (Wildman–Crippen LogP) is 3.31. The van der Waals surface area contributed by atoms with Gasteiger partial charge in [-0.3, -0.25) is 14.4 Å². The number of nitrogens with two attached hydrogens (primary N) is 1. The van der Waals surface area contributed by atoms with Crippen molar-refractivity contribution in [1.29, 1.82) is 0 Å². The van der Waals surface area contributed by atoms with Gasteiger partial charge in [0.05, 0.1) is 5.54 Å². The zero-order valence-corrected chi connectivity index (χ0v) is 21.2. The Kier molecular flexibility index (Phi) is 7.49. The highest BCUT2D eigenvalue weighted by Crippen LogP contribution is 2.28. The van der Waals surface area contributed by atoms with E-state index in [1.54, 1.807) is 36.5 Å². The highest BCUT2D eigenvalue weighted by atomic mass is 32.1. The van der Waals surface area contributed by atoms with Crippen LogP contribution >= 0.6 is 22.7 Å². The van der Waals surface area contributed by atoms with Crippen LogP contribution < -0.4 is 21.7 Å². The fraction of sp³-hybridized carbons (Fsp3) is 0.269. The minimum atomic E-state index is -1.15. The molecule has 182 valence electrons. The van der Waals surface area contributed by atoms with Crippen LogP contribution in [0, 0.1) is 0 Å². The number of thiophene rings is 2. The van der Waals surface area contributed by atoms with Crippen molar-refractivity contribution in [2.24, 2.45) is 5.73 Å². The third-order valence-electron chi connectivity index (χ3n) is 5.76. The molecule has 0 radical (unpaired) electrons. The molecule has 9 heteroatoms. The van der Waals surface area contributed by atoms with Gasteiger partial charge in [-0.1, -0.05) is 36.4 Å². The van der Waals surface area contributed by atoms with E-state index < -0.39 is 29.6 Å². The molecule has 1 unspecified atom stereocenters. The first kappa shape index (κ1) is 24.8. The first-order chi connectivity index (χ1) is 16.8. The number of hydrogen-bond acceptors (Lipinski definition) is 6. The van der Waals surface area contributed by atoms with E-state index in [9.17, 15) is 14.4 Å². The fourth-order valence-corrected chi connectivity index (χ4v) is 5.83. The standard InChI is InChI=1S/C26H28N4O3S2/c1-26(2,27)25(33)29-20(11-16-13-34-21-9-5-3-7-18(16)21)24(32)30-23(28-15-31)12-17-14-35-22-10-6-4-8-19(17)22/h3-10,13-15,20,23H,11-12,27H2,1-2H3,(H,28,31)(H,29,33)(H,30,32)/t20?,23-/m1/s1. The highest BCUT2D eigenvalue weighted by molar-refractivity contribution is 7.17. The molecule has 0 saturated heterocycles. The molecule has 4 rings (SSSR count). The Labute approximate surface area is 211 Å². The Morgan fingerprint density at radius 3 is 2.00 bits per heavy atom. The lowest BCUT2D eigenvalue weighted by Gasteiger charge is -2.26. The summed E-state index contributed by atoms with van der Waals surface area (Å²) in [5.74, 6) is -0.822. The molecule has 0 spiro atoms. The first-order valence-electron chi connectivity index (χ1n) is 11.3. The van der Waals surface area contributed by atoms with Crippen molar-refractivity contribution in [2.75, 3.05) is 0 Å². The Balaban J connectivity index is 1.56. The van der Waals surface area contributed by atoms with Gasteiger partial charge in [0, 0.05) is 22.2 Å². The summed E-state index contributed by atoms with van der Waals surface area (Å²) in [5.41, 5.74) is 6.83. The van der Waals surface area contributed by atoms with Crippen LogP contribution in [0.3, 0.4) is 0 Å². The number of nitrogens with one attached hydrogen (secondary N) is 3. The molecule has 0 fully saturated rings. The van der Waals surface area contributed by atoms with Crippen molar-refractivity contribution in [3.05, 3.63) is 70.4 Å². The maximum absolute atomic E-state index is 13.4. The van der Waals surface area contributed by atoms with Crippen LogP contribution in [-0.4, -0.2) is 36.0 Å². The van der Waals surface area contributed by atoms with Crippen LogP contribution in [0.15, 0.2) is 59.3 Å². The third-order valence-corrected chi connectivity index (χ3v) is 7.79. The van der Waals surface area contributed by atoms with Crippen molar-refractivity contribution < 1.29 is 14.4 Å². The largest absolute Gasteiger partial charge is 0.342 e. The van der Waals surface area contributed by atoms with Crippen molar-refractivity contribution in [3.63, 3.8) is 0 Å². The number of fused-ring (bicyclic) bond motifs is 2. The van der Waals surface area contributed by atoms with E-state index in [1.165, 1.54) is 0 Å². The van der Waals surface area contributed by atoms with Gasteiger partial charge in [-0.15, -0.1) is 22.7 Å². The molecule has 0 aliphatic heterocycles. The molecule has 4 aromatic rings. The normalized spacial score (nSPS) is 13.3. The minimum absolute atomic E-state index is 0.298. The summed E-state index contributed by atoms with van der Waals surface area (Å²) in [6.45, 7) is 3.19. The highest BCUT2D eigenvalue weighted by Gasteiger charge is 2.30. The molecule has 2 heterocycles. The molecule has 35 heavy (non-hydrogen) atoms. The molecular formula is C26H28N4O3S2. The first-order valence-corrected chi connectivity index (χ1v) is 13.0. The summed E-state index contributed by atoms with van der Waals surface area (Å²) < 4.78 is 2.25. The van der Waals surface area contributed by atoms with E-state index in [1.807, 2.05) is 59.3 Å². The average Bonchev–Trinajstić information content (AvgIpc) is 3.42. The summed E-state index contributed by atoms with van der Waals surface area (Å²) in [7, 11) is 0. The zero-order chi connectivity index (χ0) is 25.0. The lowest BCUT2D eigenvalue weighted by Crippen LogP contribution is -2.59. The zero-order valence-electron chi connectivity index (χ0n) is 19.5. The van der Waals surface area contributed by atoms with Gasteiger partial charge in [0.25, 0.3) is 0 Å². The van der Waals surface area contributed by atoms with Crippen LogP contribution in [-0.2, 0) is 27.2 Å². The molecule has 0 bridgehead atoms.